The standard InChI is InChI=1S/C34H35NO10S.Li/c36-21-8-13-24-25(18-21)46-32(20-6-11-23(12-7-20)44-34-30(40)28(38)29(39)31(45-34)33(41)42)26(24)27(37)19-4-9-22(10-5-19)43-17-16-35-14-2-1-3-15-35;/h4-13,18,28-31,34,36,38-40H,1-3,14-17H2,(H,41,42);/q;+1/p-1/t28-,29+,30?,31?,34-;/m1./s1/i16D2,17D2;. The smallest absolute Gasteiger partial charge is 0.547 e. The van der Waals surface area contributed by atoms with Gasteiger partial charge in [-0.05, 0) is 98.2 Å². The molecule has 11 nitrogen and oxygen atoms in total. The molecule has 0 aliphatic carbocycles. The van der Waals surface area contributed by atoms with E-state index in [4.69, 9.17) is 19.7 Å². The summed E-state index contributed by atoms with van der Waals surface area (Å²) in [7, 11) is 0. The Morgan fingerprint density at radius 3 is 2.30 bits per heavy atom. The Labute approximate surface area is 292 Å². The van der Waals surface area contributed by atoms with E-state index in [1.165, 1.54) is 64.8 Å². The van der Waals surface area contributed by atoms with E-state index in [0.717, 1.165) is 19.3 Å². The number of aliphatic carboxylic acids is 1. The van der Waals surface area contributed by atoms with Crippen LogP contribution in [0.5, 0.6) is 17.2 Å². The van der Waals surface area contributed by atoms with Gasteiger partial charge in [-0.25, -0.2) is 0 Å². The summed E-state index contributed by atoms with van der Waals surface area (Å²) in [5.41, 5.74) is 1.14. The summed E-state index contributed by atoms with van der Waals surface area (Å²) in [6.07, 6.45) is -6.65. The van der Waals surface area contributed by atoms with Gasteiger partial charge in [-0.2, -0.15) is 0 Å². The van der Waals surface area contributed by atoms with Crippen molar-refractivity contribution < 1.29 is 73.7 Å². The summed E-state index contributed by atoms with van der Waals surface area (Å²) in [5.74, 6) is -2.01. The number of carbonyl (C=O) groups is 2. The minimum atomic E-state index is -2.68. The van der Waals surface area contributed by atoms with Crippen LogP contribution in [0, 0.1) is 0 Å². The zero-order valence-electron chi connectivity index (χ0n) is 29.4. The van der Waals surface area contributed by atoms with Gasteiger partial charge in [0.2, 0.25) is 6.29 Å². The van der Waals surface area contributed by atoms with Crippen molar-refractivity contribution >= 4 is 33.2 Å². The molecule has 6 rings (SSSR count). The number of phenolic OH excluding ortho intramolecular Hbond substituents is 1. The molecule has 242 valence electrons. The zero-order chi connectivity index (χ0) is 36.0. The number of carboxylic acid groups (broad SMARTS) is 1. The molecule has 2 aliphatic heterocycles. The summed E-state index contributed by atoms with van der Waals surface area (Å²) in [5, 5.41) is 52.3. The summed E-state index contributed by atoms with van der Waals surface area (Å²) in [4.78, 5) is 27.4. The molecule has 0 amide bonds. The molecule has 13 heteroatoms. The van der Waals surface area contributed by atoms with Gasteiger partial charge in [0.1, 0.15) is 48.2 Å². The van der Waals surface area contributed by atoms with E-state index in [9.17, 15) is 35.1 Å². The molecule has 4 N–H and O–H groups in total. The second-order valence-electron chi connectivity index (χ2n) is 11.1. The fourth-order valence-corrected chi connectivity index (χ4v) is 6.68. The largest absolute Gasteiger partial charge is 1.00 e. The van der Waals surface area contributed by atoms with Gasteiger partial charge in [0, 0.05) is 35.3 Å². The number of hydrogen-bond acceptors (Lipinski definition) is 12. The quantitative estimate of drug-likeness (QED) is 0.126. The molecule has 2 aliphatic rings. The average Bonchev–Trinajstić information content (AvgIpc) is 3.47. The number of aliphatic hydroxyl groups excluding tert-OH is 3. The van der Waals surface area contributed by atoms with Crippen LogP contribution in [0.25, 0.3) is 20.5 Å². The molecule has 0 spiro atoms. The molecule has 0 saturated carbocycles. The maximum Gasteiger partial charge on any atom is 1.00 e. The third-order valence-corrected chi connectivity index (χ3v) is 9.12. The van der Waals surface area contributed by atoms with Crippen molar-refractivity contribution in [3.8, 4) is 27.7 Å². The number of aromatic hydroxyl groups is 1. The van der Waals surface area contributed by atoms with Crippen LogP contribution in [0.1, 0.15) is 40.7 Å². The molecule has 1 aromatic heterocycles. The Hall–Kier alpha value is -3.44. The number of carbonyl (C=O) groups excluding carboxylic acids is 2. The third kappa shape index (κ3) is 7.67. The van der Waals surface area contributed by atoms with Crippen LogP contribution in [-0.2, 0) is 9.53 Å². The van der Waals surface area contributed by atoms with Gasteiger partial charge in [0.15, 0.2) is 5.78 Å². The molecular formula is C34H34LiNO10S. The van der Waals surface area contributed by atoms with E-state index in [2.05, 4.69) is 0 Å². The van der Waals surface area contributed by atoms with Crippen molar-refractivity contribution in [3.63, 3.8) is 0 Å². The van der Waals surface area contributed by atoms with Crippen LogP contribution >= 0.6 is 11.3 Å². The van der Waals surface area contributed by atoms with Crippen molar-refractivity contribution in [2.24, 2.45) is 0 Å². The second kappa shape index (κ2) is 15.2. The van der Waals surface area contributed by atoms with Crippen LogP contribution in [0.4, 0.5) is 0 Å². The summed E-state index contributed by atoms with van der Waals surface area (Å²) in [6.45, 7) is -4.22. The number of aliphatic hydroxyl groups is 3. The fourth-order valence-electron chi connectivity index (χ4n) is 5.44. The van der Waals surface area contributed by atoms with Gasteiger partial charge in [-0.15, -0.1) is 11.3 Å². The van der Waals surface area contributed by atoms with E-state index in [1.807, 2.05) is 0 Å². The Balaban J connectivity index is 0.00000504. The van der Waals surface area contributed by atoms with Crippen molar-refractivity contribution in [2.75, 3.05) is 26.1 Å². The predicted molar refractivity (Wildman–Crippen MR) is 167 cm³/mol. The first-order chi connectivity index (χ1) is 23.7. The van der Waals surface area contributed by atoms with E-state index >= 15 is 0 Å². The zero-order valence-corrected chi connectivity index (χ0v) is 26.2. The van der Waals surface area contributed by atoms with Gasteiger partial charge in [-0.1, -0.05) is 6.42 Å². The topological polar surface area (TPSA) is 169 Å². The molecule has 4 aromatic rings. The minimum Gasteiger partial charge on any atom is -0.547 e. The Morgan fingerprint density at radius 2 is 1.62 bits per heavy atom. The minimum absolute atomic E-state index is 0. The van der Waals surface area contributed by atoms with Crippen LogP contribution in [-0.4, -0.2) is 93.9 Å². The SMILES string of the molecule is [2H]C([2H])(Oc1ccc(C(=O)c2c(-c3ccc(O[C@@H]4OC(C(=O)[O-])[C@@H](O)[C@@H](O)C4O)cc3)sc3cc(O)ccc23)cc1)C([2H])([2H])N1CCCCC1.[Li+]. The first kappa shape index (κ1) is 29.7. The molecule has 2 saturated heterocycles. The number of phenols is 1. The second-order valence-corrected chi connectivity index (χ2v) is 12.1. The van der Waals surface area contributed by atoms with Crippen LogP contribution < -0.4 is 33.4 Å². The monoisotopic (exact) mass is 659 g/mol. The Morgan fingerprint density at radius 1 is 0.936 bits per heavy atom. The Kier molecular flexibility index (Phi) is 9.59. The van der Waals surface area contributed by atoms with Crippen LogP contribution in [0.2, 0.25) is 0 Å². The number of nitrogens with zero attached hydrogens (tertiary/aromatic N) is 1. The van der Waals surface area contributed by atoms with E-state index in [1.54, 1.807) is 18.2 Å². The number of likely N-dealkylation sites (tertiary alicyclic amines) is 1. The molecule has 47 heavy (non-hydrogen) atoms. The van der Waals surface area contributed by atoms with Crippen LogP contribution in [0.15, 0.2) is 66.7 Å². The summed E-state index contributed by atoms with van der Waals surface area (Å²) in [6, 6.07) is 16.6. The number of thiophene rings is 1. The molecule has 3 aromatic carbocycles. The van der Waals surface area contributed by atoms with Gasteiger partial charge >= 0.3 is 18.9 Å². The van der Waals surface area contributed by atoms with Crippen molar-refractivity contribution in [3.05, 3.63) is 77.9 Å². The van der Waals surface area contributed by atoms with E-state index < -0.39 is 49.7 Å². The molecular weight excluding hydrogens is 621 g/mol. The molecule has 3 heterocycles. The number of ether oxygens (including phenoxy) is 3. The maximum absolute atomic E-state index is 14.1. The number of hydrogen-bond donors (Lipinski definition) is 4. The number of piperidine rings is 1. The molecule has 2 unspecified atom stereocenters. The number of fused-ring (bicyclic) bond motifs is 1. The van der Waals surface area contributed by atoms with Crippen molar-refractivity contribution in [1.82, 2.24) is 4.90 Å². The number of carboxylic acids is 1. The Bertz CT molecular complexity index is 1870. The maximum atomic E-state index is 14.1. The summed E-state index contributed by atoms with van der Waals surface area (Å²) < 4.78 is 50.5. The molecule has 0 radical (unpaired) electrons. The predicted octanol–water partition coefficient (Wildman–Crippen LogP) is -0.690. The molecule has 0 bridgehead atoms. The summed E-state index contributed by atoms with van der Waals surface area (Å²) >= 11 is 1.25. The van der Waals surface area contributed by atoms with Gasteiger partial charge < -0.3 is 44.5 Å². The fraction of sp³-hybridized carbons (Fsp3) is 0.353. The average molecular weight is 660 g/mol. The first-order valence-electron chi connectivity index (χ1n) is 16.7. The number of rotatable bonds is 10. The third-order valence-electron chi connectivity index (χ3n) is 7.92. The van der Waals surface area contributed by atoms with Gasteiger partial charge in [0.05, 0.1) is 8.71 Å². The van der Waals surface area contributed by atoms with E-state index in [-0.39, 0.29) is 47.5 Å². The first-order valence-corrected chi connectivity index (χ1v) is 15.5. The van der Waals surface area contributed by atoms with Gasteiger partial charge in [-0.3, -0.25) is 9.69 Å². The molecule has 5 atom stereocenters. The van der Waals surface area contributed by atoms with Gasteiger partial charge in [0.25, 0.3) is 0 Å². The number of benzene rings is 3. The normalized spacial score (nSPS) is 25.0. The van der Waals surface area contributed by atoms with Crippen molar-refractivity contribution in [1.29, 1.82) is 0 Å². The molecule has 2 fully saturated rings. The van der Waals surface area contributed by atoms with Crippen LogP contribution in [0.3, 0.4) is 0 Å². The van der Waals surface area contributed by atoms with E-state index in [0.29, 0.717) is 39.2 Å². The van der Waals surface area contributed by atoms with Crippen molar-refractivity contribution in [2.45, 2.75) is 50.0 Å². The number of ketones is 1.